The first kappa shape index (κ1) is 29.9. The normalized spacial score (nSPS) is 10.3. The number of methoxy groups -OCH3 is 1. The van der Waals surface area contributed by atoms with Gasteiger partial charge < -0.3 is 20.1 Å². The summed E-state index contributed by atoms with van der Waals surface area (Å²) < 4.78 is 41.6. The van der Waals surface area contributed by atoms with Crippen LogP contribution in [-0.2, 0) is 13.6 Å². The SMILES string of the molecule is CC.COc1ccc(CNC(=O)c2c(Oc3cccc(C)c3F)cc(=O)n(C)c2Nc2ccc(C)cc2F)cc1. The number of nitrogens with zero attached hydrogens (tertiary/aromatic N) is 1. The third-order valence-electron chi connectivity index (χ3n) is 6.00. The lowest BCUT2D eigenvalue weighted by atomic mass is 10.1. The Morgan fingerprint density at radius 3 is 2.30 bits per heavy atom. The lowest BCUT2D eigenvalue weighted by Crippen LogP contribution is -2.29. The summed E-state index contributed by atoms with van der Waals surface area (Å²) in [6.45, 7) is 7.45. The summed E-state index contributed by atoms with van der Waals surface area (Å²) in [5, 5.41) is 5.66. The molecule has 4 aromatic rings. The molecule has 0 spiro atoms. The average molecular weight is 550 g/mol. The maximum Gasteiger partial charge on any atom is 0.259 e. The van der Waals surface area contributed by atoms with Crippen LogP contribution >= 0.6 is 0 Å². The molecule has 0 bridgehead atoms. The number of ether oxygens (including phenoxy) is 2. The van der Waals surface area contributed by atoms with E-state index < -0.39 is 23.1 Å². The van der Waals surface area contributed by atoms with Gasteiger partial charge in [-0.15, -0.1) is 0 Å². The maximum absolute atomic E-state index is 14.8. The number of anilines is 2. The minimum absolute atomic E-state index is 0.0180. The first-order chi connectivity index (χ1) is 19.2. The fourth-order valence-corrected chi connectivity index (χ4v) is 3.80. The number of halogens is 2. The van der Waals surface area contributed by atoms with Gasteiger partial charge in [0, 0.05) is 19.7 Å². The molecule has 0 fully saturated rings. The maximum atomic E-state index is 14.8. The highest BCUT2D eigenvalue weighted by Crippen LogP contribution is 2.33. The van der Waals surface area contributed by atoms with Crippen LogP contribution in [0.5, 0.6) is 17.2 Å². The Morgan fingerprint density at radius 1 is 0.950 bits per heavy atom. The zero-order valence-electron chi connectivity index (χ0n) is 23.4. The molecule has 210 valence electrons. The monoisotopic (exact) mass is 549 g/mol. The third kappa shape index (κ3) is 6.85. The molecule has 0 saturated carbocycles. The Kier molecular flexibility index (Phi) is 10.0. The summed E-state index contributed by atoms with van der Waals surface area (Å²) in [5.74, 6) is -1.50. The molecule has 0 aliphatic heterocycles. The highest BCUT2D eigenvalue weighted by atomic mass is 19.1. The molecule has 0 unspecified atom stereocenters. The van der Waals surface area contributed by atoms with Gasteiger partial charge in [-0.25, -0.2) is 8.78 Å². The van der Waals surface area contributed by atoms with Gasteiger partial charge >= 0.3 is 0 Å². The van der Waals surface area contributed by atoms with Crippen LogP contribution in [-0.4, -0.2) is 17.6 Å². The van der Waals surface area contributed by atoms with Gasteiger partial charge in [0.25, 0.3) is 11.5 Å². The van der Waals surface area contributed by atoms with Crippen LogP contribution in [0.4, 0.5) is 20.3 Å². The van der Waals surface area contributed by atoms with Crippen molar-refractivity contribution in [2.24, 2.45) is 7.05 Å². The number of amides is 1. The van der Waals surface area contributed by atoms with Crippen LogP contribution in [0.2, 0.25) is 0 Å². The Bertz CT molecular complexity index is 1550. The van der Waals surface area contributed by atoms with Gasteiger partial charge in [0.1, 0.15) is 28.7 Å². The standard InChI is InChI=1S/C29H27F2N3O4.C2H6/c1-17-8-13-22(21(30)14-17)33-28-26(29(36)32-16-19-9-11-20(37-4)12-10-19)24(15-25(35)34(28)3)38-23-7-5-6-18(2)27(23)31;1-2/h5-15,33H,16H2,1-4H3,(H,32,36);1-2H3. The number of aryl methyl sites for hydroxylation is 2. The number of carbonyl (C=O) groups is 1. The third-order valence-corrected chi connectivity index (χ3v) is 6.00. The summed E-state index contributed by atoms with van der Waals surface area (Å²) >= 11 is 0. The van der Waals surface area contributed by atoms with Gasteiger partial charge in [-0.05, 0) is 60.9 Å². The summed E-state index contributed by atoms with van der Waals surface area (Å²) in [4.78, 5) is 26.4. The van der Waals surface area contributed by atoms with Gasteiger partial charge in [0.2, 0.25) is 0 Å². The van der Waals surface area contributed by atoms with Crippen molar-refractivity contribution in [3.8, 4) is 17.2 Å². The highest BCUT2D eigenvalue weighted by molar-refractivity contribution is 6.02. The summed E-state index contributed by atoms with van der Waals surface area (Å²) in [5.41, 5.74) is 1.23. The Labute approximate surface area is 232 Å². The van der Waals surface area contributed by atoms with Crippen LogP contribution in [0.1, 0.15) is 40.9 Å². The van der Waals surface area contributed by atoms with Crippen LogP contribution in [0.15, 0.2) is 71.5 Å². The van der Waals surface area contributed by atoms with E-state index in [0.717, 1.165) is 11.6 Å². The van der Waals surface area contributed by atoms with Crippen LogP contribution in [0, 0.1) is 25.5 Å². The Balaban J connectivity index is 0.00000216. The van der Waals surface area contributed by atoms with E-state index in [1.807, 2.05) is 13.8 Å². The van der Waals surface area contributed by atoms with Crippen molar-refractivity contribution in [1.29, 1.82) is 0 Å². The zero-order valence-corrected chi connectivity index (χ0v) is 23.4. The molecule has 0 aliphatic carbocycles. The quantitative estimate of drug-likeness (QED) is 0.253. The molecule has 1 heterocycles. The van der Waals surface area contributed by atoms with Gasteiger partial charge in [-0.2, -0.15) is 0 Å². The van der Waals surface area contributed by atoms with Crippen LogP contribution < -0.4 is 25.7 Å². The number of carbonyl (C=O) groups excluding carboxylic acids is 1. The van der Waals surface area contributed by atoms with Crippen molar-refractivity contribution in [3.05, 3.63) is 111 Å². The smallest absolute Gasteiger partial charge is 0.259 e. The number of pyridine rings is 1. The van der Waals surface area contributed by atoms with Crippen molar-refractivity contribution < 1.29 is 23.0 Å². The topological polar surface area (TPSA) is 81.6 Å². The fraction of sp³-hybridized carbons (Fsp3) is 0.226. The average Bonchev–Trinajstić information content (AvgIpc) is 2.95. The molecule has 1 aromatic heterocycles. The Morgan fingerprint density at radius 2 is 1.65 bits per heavy atom. The molecule has 0 saturated heterocycles. The summed E-state index contributed by atoms with van der Waals surface area (Å²) in [6.07, 6.45) is 0. The molecule has 0 atom stereocenters. The zero-order chi connectivity index (χ0) is 29.4. The summed E-state index contributed by atoms with van der Waals surface area (Å²) in [7, 11) is 2.99. The van der Waals surface area contributed by atoms with Gasteiger partial charge in [0.05, 0.1) is 12.8 Å². The first-order valence-corrected chi connectivity index (χ1v) is 12.8. The van der Waals surface area contributed by atoms with E-state index in [2.05, 4.69) is 10.6 Å². The number of hydrogen-bond acceptors (Lipinski definition) is 5. The highest BCUT2D eigenvalue weighted by Gasteiger charge is 2.24. The number of rotatable bonds is 8. The minimum atomic E-state index is -0.628. The molecule has 9 heteroatoms. The molecule has 0 aliphatic rings. The van der Waals surface area contributed by atoms with Crippen molar-refractivity contribution in [1.82, 2.24) is 9.88 Å². The van der Waals surface area contributed by atoms with Crippen molar-refractivity contribution in [3.63, 3.8) is 0 Å². The number of nitrogens with one attached hydrogen (secondary N) is 2. The molecular weight excluding hydrogens is 516 g/mol. The largest absolute Gasteiger partial charge is 0.497 e. The number of benzene rings is 3. The van der Waals surface area contributed by atoms with E-state index in [-0.39, 0.29) is 35.1 Å². The van der Waals surface area contributed by atoms with Crippen molar-refractivity contribution >= 4 is 17.4 Å². The number of hydrogen-bond donors (Lipinski definition) is 2. The van der Waals surface area contributed by atoms with Gasteiger partial charge in [-0.1, -0.05) is 44.2 Å². The molecule has 0 radical (unpaired) electrons. The minimum Gasteiger partial charge on any atom is -0.497 e. The lowest BCUT2D eigenvalue weighted by Gasteiger charge is -2.20. The van der Waals surface area contributed by atoms with Gasteiger partial charge in [-0.3, -0.25) is 14.2 Å². The van der Waals surface area contributed by atoms with Crippen LogP contribution in [0.25, 0.3) is 0 Å². The van der Waals surface area contributed by atoms with E-state index in [1.54, 1.807) is 63.4 Å². The van der Waals surface area contributed by atoms with Gasteiger partial charge in [0.15, 0.2) is 11.6 Å². The molecule has 2 N–H and O–H groups in total. The van der Waals surface area contributed by atoms with E-state index >= 15 is 0 Å². The van der Waals surface area contributed by atoms with E-state index in [9.17, 15) is 18.4 Å². The first-order valence-electron chi connectivity index (χ1n) is 12.8. The molecule has 3 aromatic carbocycles. The van der Waals surface area contributed by atoms with E-state index in [0.29, 0.717) is 16.9 Å². The molecule has 4 rings (SSSR count). The predicted octanol–water partition coefficient (Wildman–Crippen LogP) is 6.78. The second-order valence-corrected chi connectivity index (χ2v) is 8.76. The molecular formula is C31H33F2N3O4. The molecule has 1 amide bonds. The fourth-order valence-electron chi connectivity index (χ4n) is 3.80. The van der Waals surface area contributed by atoms with Crippen molar-refractivity contribution in [2.45, 2.75) is 34.2 Å². The summed E-state index contributed by atoms with van der Waals surface area (Å²) in [6, 6.07) is 17.3. The predicted molar refractivity (Wildman–Crippen MR) is 153 cm³/mol. The molecule has 40 heavy (non-hydrogen) atoms. The molecule has 7 nitrogen and oxygen atoms in total. The Hall–Kier alpha value is -4.66. The van der Waals surface area contributed by atoms with E-state index in [1.165, 1.54) is 29.8 Å². The second kappa shape index (κ2) is 13.4. The van der Waals surface area contributed by atoms with Crippen LogP contribution in [0.3, 0.4) is 0 Å². The number of aromatic nitrogens is 1. The van der Waals surface area contributed by atoms with Crippen molar-refractivity contribution in [2.75, 3.05) is 12.4 Å². The van der Waals surface area contributed by atoms with E-state index in [4.69, 9.17) is 9.47 Å². The second-order valence-electron chi connectivity index (χ2n) is 8.76. The lowest BCUT2D eigenvalue weighted by molar-refractivity contribution is 0.0948.